The minimum atomic E-state index is 0.0716. The van der Waals surface area contributed by atoms with Crippen molar-refractivity contribution in [3.63, 3.8) is 0 Å². The molecule has 1 fully saturated rings. The number of hydrogen-bond donors (Lipinski definition) is 0. The van der Waals surface area contributed by atoms with Crippen LogP contribution in [0.4, 0.5) is 5.82 Å². The van der Waals surface area contributed by atoms with Crippen LogP contribution in [0.15, 0.2) is 30.3 Å². The first-order valence-electron chi connectivity index (χ1n) is 8.78. The summed E-state index contributed by atoms with van der Waals surface area (Å²) in [6.07, 6.45) is 3.33. The van der Waals surface area contributed by atoms with Gasteiger partial charge in [-0.3, -0.25) is 4.79 Å². The van der Waals surface area contributed by atoms with Gasteiger partial charge in [-0.2, -0.15) is 5.10 Å². The van der Waals surface area contributed by atoms with E-state index in [1.807, 2.05) is 29.2 Å². The molecule has 0 saturated carbocycles. The predicted molar refractivity (Wildman–Crippen MR) is 95.2 cm³/mol. The highest BCUT2D eigenvalue weighted by Gasteiger charge is 2.24. The molecular weight excluding hydrogens is 316 g/mol. The molecule has 1 aliphatic carbocycles. The average molecular weight is 338 g/mol. The molecule has 6 heteroatoms. The molecule has 2 heterocycles. The Labute approximate surface area is 147 Å². The number of ether oxygens (including phenoxy) is 1. The van der Waals surface area contributed by atoms with E-state index in [1.165, 1.54) is 12.0 Å². The molecule has 1 amide bonds. The van der Waals surface area contributed by atoms with Crippen LogP contribution in [-0.2, 0) is 12.8 Å². The van der Waals surface area contributed by atoms with E-state index in [1.54, 1.807) is 7.11 Å². The first kappa shape index (κ1) is 15.9. The summed E-state index contributed by atoms with van der Waals surface area (Å²) in [4.78, 5) is 16.8. The number of aryl methyl sites for hydroxylation is 2. The normalized spacial score (nSPS) is 16.7. The molecule has 1 aromatic heterocycles. The largest absolute Gasteiger partial charge is 0.497 e. The minimum Gasteiger partial charge on any atom is -0.497 e. The van der Waals surface area contributed by atoms with Gasteiger partial charge in [0.25, 0.3) is 5.91 Å². The molecular formula is C19H22N4O2. The van der Waals surface area contributed by atoms with Crippen LogP contribution in [0, 0.1) is 0 Å². The maximum absolute atomic E-state index is 12.6. The highest BCUT2D eigenvalue weighted by atomic mass is 16.5. The van der Waals surface area contributed by atoms with E-state index < -0.39 is 0 Å². The van der Waals surface area contributed by atoms with Crippen molar-refractivity contribution in [3.05, 3.63) is 47.2 Å². The molecule has 1 aliphatic heterocycles. The molecule has 0 spiro atoms. The number of fused-ring (bicyclic) bond motifs is 1. The second-order valence-electron chi connectivity index (χ2n) is 6.54. The van der Waals surface area contributed by atoms with E-state index in [2.05, 4.69) is 21.2 Å². The minimum absolute atomic E-state index is 0.0716. The Kier molecular flexibility index (Phi) is 4.26. The number of piperazine rings is 1. The lowest BCUT2D eigenvalue weighted by Crippen LogP contribution is -2.49. The lowest BCUT2D eigenvalue weighted by molar-refractivity contribution is 0.0746. The summed E-state index contributed by atoms with van der Waals surface area (Å²) < 4.78 is 5.14. The number of anilines is 1. The van der Waals surface area contributed by atoms with Gasteiger partial charge in [-0.25, -0.2) is 0 Å². The number of amides is 1. The summed E-state index contributed by atoms with van der Waals surface area (Å²) in [6.45, 7) is 2.97. The van der Waals surface area contributed by atoms with Crippen molar-refractivity contribution in [1.82, 2.24) is 15.1 Å². The monoisotopic (exact) mass is 338 g/mol. The Morgan fingerprint density at radius 3 is 2.52 bits per heavy atom. The zero-order valence-corrected chi connectivity index (χ0v) is 14.4. The van der Waals surface area contributed by atoms with Crippen LogP contribution >= 0.6 is 0 Å². The van der Waals surface area contributed by atoms with Crippen LogP contribution < -0.4 is 9.64 Å². The number of aromatic nitrogens is 2. The fourth-order valence-electron chi connectivity index (χ4n) is 3.53. The summed E-state index contributed by atoms with van der Waals surface area (Å²) in [5.41, 5.74) is 3.19. The van der Waals surface area contributed by atoms with E-state index in [-0.39, 0.29) is 5.91 Å². The summed E-state index contributed by atoms with van der Waals surface area (Å²) in [5, 5.41) is 8.75. The number of hydrogen-bond acceptors (Lipinski definition) is 5. The SMILES string of the molecule is COc1ccc(C(=O)N2CCN(c3cc4c(nn3)CCC4)CC2)cc1. The van der Waals surface area contributed by atoms with Gasteiger partial charge in [0.1, 0.15) is 5.75 Å². The third-order valence-electron chi connectivity index (χ3n) is 5.03. The van der Waals surface area contributed by atoms with Gasteiger partial charge in [0.05, 0.1) is 12.8 Å². The maximum atomic E-state index is 12.6. The van der Waals surface area contributed by atoms with Gasteiger partial charge in [-0.15, -0.1) is 5.10 Å². The molecule has 0 unspecified atom stereocenters. The fraction of sp³-hybridized carbons (Fsp3) is 0.421. The van der Waals surface area contributed by atoms with Gasteiger partial charge < -0.3 is 14.5 Å². The molecule has 1 saturated heterocycles. The van der Waals surface area contributed by atoms with Crippen molar-refractivity contribution in [3.8, 4) is 5.75 Å². The maximum Gasteiger partial charge on any atom is 0.253 e. The van der Waals surface area contributed by atoms with Gasteiger partial charge in [0, 0.05) is 31.7 Å². The second kappa shape index (κ2) is 6.70. The van der Waals surface area contributed by atoms with Crippen molar-refractivity contribution in [1.29, 1.82) is 0 Å². The Morgan fingerprint density at radius 1 is 1.04 bits per heavy atom. The number of carbonyl (C=O) groups excluding carboxylic acids is 1. The smallest absolute Gasteiger partial charge is 0.253 e. The molecule has 130 valence electrons. The summed E-state index contributed by atoms with van der Waals surface area (Å²) in [5.74, 6) is 1.77. The fourth-order valence-corrected chi connectivity index (χ4v) is 3.53. The summed E-state index contributed by atoms with van der Waals surface area (Å²) >= 11 is 0. The van der Waals surface area contributed by atoms with Gasteiger partial charge in [0.15, 0.2) is 5.82 Å². The Bertz CT molecular complexity index is 767. The predicted octanol–water partition coefficient (Wildman–Crippen LogP) is 1.94. The van der Waals surface area contributed by atoms with E-state index in [9.17, 15) is 4.79 Å². The van der Waals surface area contributed by atoms with Crippen molar-refractivity contribution in [2.45, 2.75) is 19.3 Å². The van der Waals surface area contributed by atoms with Gasteiger partial charge in [-0.05, 0) is 55.2 Å². The summed E-state index contributed by atoms with van der Waals surface area (Å²) in [7, 11) is 1.62. The average Bonchev–Trinajstić information content (AvgIpc) is 3.15. The van der Waals surface area contributed by atoms with E-state index in [4.69, 9.17) is 4.74 Å². The summed E-state index contributed by atoms with van der Waals surface area (Å²) in [6, 6.07) is 9.46. The zero-order valence-electron chi connectivity index (χ0n) is 14.4. The van der Waals surface area contributed by atoms with Gasteiger partial charge >= 0.3 is 0 Å². The standard InChI is InChI=1S/C19H22N4O2/c1-25-16-7-5-14(6-8-16)19(24)23-11-9-22(10-12-23)18-13-15-3-2-4-17(15)20-21-18/h5-8,13H,2-4,9-12H2,1H3. The first-order chi connectivity index (χ1) is 12.2. The molecule has 1 aromatic carbocycles. The number of methoxy groups -OCH3 is 1. The van der Waals surface area contributed by atoms with Crippen molar-refractivity contribution < 1.29 is 9.53 Å². The van der Waals surface area contributed by atoms with Crippen LogP contribution in [0.25, 0.3) is 0 Å². The lowest BCUT2D eigenvalue weighted by Gasteiger charge is -2.35. The van der Waals surface area contributed by atoms with E-state index in [0.29, 0.717) is 18.7 Å². The number of rotatable bonds is 3. The van der Waals surface area contributed by atoms with Crippen LogP contribution in [-0.4, -0.2) is 54.3 Å². The molecule has 25 heavy (non-hydrogen) atoms. The van der Waals surface area contributed by atoms with Crippen molar-refractivity contribution in [2.75, 3.05) is 38.2 Å². The van der Waals surface area contributed by atoms with Crippen LogP contribution in [0.3, 0.4) is 0 Å². The van der Waals surface area contributed by atoms with Crippen molar-refractivity contribution >= 4 is 11.7 Å². The van der Waals surface area contributed by atoms with Crippen LogP contribution in [0.1, 0.15) is 28.0 Å². The molecule has 2 aliphatic rings. The topological polar surface area (TPSA) is 58.6 Å². The third-order valence-corrected chi connectivity index (χ3v) is 5.03. The number of nitrogens with zero attached hydrogens (tertiary/aromatic N) is 4. The molecule has 0 N–H and O–H groups in total. The van der Waals surface area contributed by atoms with Gasteiger partial charge in [0.2, 0.25) is 0 Å². The Morgan fingerprint density at radius 2 is 1.80 bits per heavy atom. The molecule has 0 atom stereocenters. The third kappa shape index (κ3) is 3.16. The highest BCUT2D eigenvalue weighted by Crippen LogP contribution is 2.23. The molecule has 0 bridgehead atoms. The highest BCUT2D eigenvalue weighted by molar-refractivity contribution is 5.94. The number of benzene rings is 1. The second-order valence-corrected chi connectivity index (χ2v) is 6.54. The van der Waals surface area contributed by atoms with E-state index >= 15 is 0 Å². The first-order valence-corrected chi connectivity index (χ1v) is 8.78. The zero-order chi connectivity index (χ0) is 17.2. The Hall–Kier alpha value is -2.63. The quantitative estimate of drug-likeness (QED) is 0.856. The van der Waals surface area contributed by atoms with E-state index in [0.717, 1.165) is 43.2 Å². The lowest BCUT2D eigenvalue weighted by atomic mass is 10.1. The number of carbonyl (C=O) groups is 1. The van der Waals surface area contributed by atoms with Crippen LogP contribution in [0.5, 0.6) is 5.75 Å². The molecule has 4 rings (SSSR count). The molecule has 6 nitrogen and oxygen atoms in total. The van der Waals surface area contributed by atoms with Gasteiger partial charge in [-0.1, -0.05) is 0 Å². The molecule has 0 radical (unpaired) electrons. The Balaban J connectivity index is 1.40. The van der Waals surface area contributed by atoms with Crippen molar-refractivity contribution in [2.24, 2.45) is 0 Å². The van der Waals surface area contributed by atoms with Crippen LogP contribution in [0.2, 0.25) is 0 Å². The molecule has 2 aromatic rings.